The molecule has 3 rings (SSSR count). The van der Waals surface area contributed by atoms with Crippen LogP contribution in [-0.2, 0) is 11.4 Å². The Morgan fingerprint density at radius 1 is 1.06 bits per heavy atom. The van der Waals surface area contributed by atoms with E-state index < -0.39 is 11.9 Å². The van der Waals surface area contributed by atoms with Crippen LogP contribution >= 0.6 is 27.5 Å². The zero-order valence-corrected chi connectivity index (χ0v) is 21.1. The van der Waals surface area contributed by atoms with Crippen molar-refractivity contribution in [1.82, 2.24) is 10.7 Å². The fourth-order valence-corrected chi connectivity index (χ4v) is 3.78. The van der Waals surface area contributed by atoms with Crippen molar-refractivity contribution in [3.8, 4) is 5.75 Å². The van der Waals surface area contributed by atoms with E-state index in [4.69, 9.17) is 16.3 Å². The normalized spacial score (nSPS) is 11.9. The van der Waals surface area contributed by atoms with E-state index in [0.717, 1.165) is 15.6 Å². The highest BCUT2D eigenvalue weighted by Gasteiger charge is 2.24. The number of nitrogens with one attached hydrogen (secondary N) is 2. The second-order valence-electron chi connectivity index (χ2n) is 7.90. The van der Waals surface area contributed by atoms with Gasteiger partial charge in [0.05, 0.1) is 10.7 Å². The van der Waals surface area contributed by atoms with Crippen LogP contribution in [0.4, 0.5) is 0 Å². The monoisotopic (exact) mass is 541 g/mol. The summed E-state index contributed by atoms with van der Waals surface area (Å²) in [7, 11) is 0. The quantitative estimate of drug-likeness (QED) is 0.273. The molecule has 0 fully saturated rings. The van der Waals surface area contributed by atoms with Crippen molar-refractivity contribution >= 4 is 45.6 Å². The molecule has 176 valence electrons. The zero-order valence-electron chi connectivity index (χ0n) is 18.8. The van der Waals surface area contributed by atoms with Gasteiger partial charge in [-0.25, -0.2) is 5.43 Å². The van der Waals surface area contributed by atoms with Gasteiger partial charge in [-0.3, -0.25) is 9.59 Å². The van der Waals surface area contributed by atoms with Crippen molar-refractivity contribution in [2.45, 2.75) is 26.5 Å². The molecule has 8 heteroatoms. The van der Waals surface area contributed by atoms with Crippen LogP contribution in [0.3, 0.4) is 0 Å². The van der Waals surface area contributed by atoms with Gasteiger partial charge in [0.15, 0.2) is 0 Å². The Labute approximate surface area is 212 Å². The van der Waals surface area contributed by atoms with E-state index in [1.165, 1.54) is 6.21 Å². The summed E-state index contributed by atoms with van der Waals surface area (Å²) in [6.07, 6.45) is 1.53. The van der Waals surface area contributed by atoms with Gasteiger partial charge in [0.2, 0.25) is 0 Å². The van der Waals surface area contributed by atoms with Crippen molar-refractivity contribution in [2.75, 3.05) is 0 Å². The van der Waals surface area contributed by atoms with E-state index in [1.54, 1.807) is 24.3 Å². The summed E-state index contributed by atoms with van der Waals surface area (Å²) < 4.78 is 6.62. The van der Waals surface area contributed by atoms with Gasteiger partial charge in [-0.2, -0.15) is 5.10 Å². The van der Waals surface area contributed by atoms with E-state index in [9.17, 15) is 9.59 Å². The fraction of sp³-hybridized carbons (Fsp3) is 0.192. The summed E-state index contributed by atoms with van der Waals surface area (Å²) in [6, 6.07) is 21.2. The molecule has 34 heavy (non-hydrogen) atoms. The molecule has 3 aromatic rings. The summed E-state index contributed by atoms with van der Waals surface area (Å²) in [6.45, 7) is 4.15. The highest BCUT2D eigenvalue weighted by atomic mass is 79.9. The van der Waals surface area contributed by atoms with Crippen molar-refractivity contribution in [3.63, 3.8) is 0 Å². The first-order valence-electron chi connectivity index (χ1n) is 10.7. The third-order valence-corrected chi connectivity index (χ3v) is 5.76. The largest absolute Gasteiger partial charge is 0.488 e. The number of hydrogen-bond acceptors (Lipinski definition) is 4. The SMILES string of the molecule is CC(C)C(NC(=O)c1cccc(Cl)c1)C(=O)NN=Cc1ccc(OCc2ccccc2)c(Br)c1. The van der Waals surface area contributed by atoms with Crippen molar-refractivity contribution in [2.24, 2.45) is 11.0 Å². The van der Waals surface area contributed by atoms with Crippen LogP contribution in [0.2, 0.25) is 5.02 Å². The van der Waals surface area contributed by atoms with Crippen molar-refractivity contribution in [1.29, 1.82) is 0 Å². The lowest BCUT2D eigenvalue weighted by Crippen LogP contribution is -2.48. The number of hydrogen-bond donors (Lipinski definition) is 2. The van der Waals surface area contributed by atoms with Crippen LogP contribution in [0.25, 0.3) is 0 Å². The van der Waals surface area contributed by atoms with Crippen LogP contribution in [0.15, 0.2) is 82.4 Å². The molecule has 1 unspecified atom stereocenters. The van der Waals surface area contributed by atoms with Gasteiger partial charge in [-0.1, -0.05) is 61.8 Å². The molecule has 1 atom stereocenters. The van der Waals surface area contributed by atoms with Gasteiger partial charge in [0.25, 0.3) is 11.8 Å². The molecular formula is C26H25BrClN3O3. The zero-order chi connectivity index (χ0) is 24.5. The highest BCUT2D eigenvalue weighted by molar-refractivity contribution is 9.10. The van der Waals surface area contributed by atoms with Crippen molar-refractivity contribution < 1.29 is 14.3 Å². The fourth-order valence-electron chi connectivity index (χ4n) is 3.08. The number of hydrazone groups is 1. The van der Waals surface area contributed by atoms with E-state index in [2.05, 4.69) is 31.8 Å². The maximum Gasteiger partial charge on any atom is 0.262 e. The maximum atomic E-state index is 12.7. The lowest BCUT2D eigenvalue weighted by Gasteiger charge is -2.20. The van der Waals surface area contributed by atoms with E-state index in [-0.39, 0.29) is 11.8 Å². The number of carbonyl (C=O) groups is 2. The molecule has 0 saturated carbocycles. The van der Waals surface area contributed by atoms with Gasteiger partial charge in [-0.15, -0.1) is 0 Å². The predicted octanol–water partition coefficient (Wildman–Crippen LogP) is 5.59. The van der Waals surface area contributed by atoms with Gasteiger partial charge in [0.1, 0.15) is 18.4 Å². The van der Waals surface area contributed by atoms with Crippen LogP contribution in [0.1, 0.15) is 35.3 Å². The smallest absolute Gasteiger partial charge is 0.262 e. The molecule has 0 spiro atoms. The summed E-state index contributed by atoms with van der Waals surface area (Å²) >= 11 is 9.46. The average Bonchev–Trinajstić information content (AvgIpc) is 2.82. The van der Waals surface area contributed by atoms with E-state index in [1.807, 2.05) is 62.4 Å². The second kappa shape index (κ2) is 12.3. The summed E-state index contributed by atoms with van der Waals surface area (Å²) in [5.74, 6) is -0.235. The molecule has 0 heterocycles. The van der Waals surface area contributed by atoms with Crippen LogP contribution in [0.5, 0.6) is 5.75 Å². The molecule has 0 saturated heterocycles. The van der Waals surface area contributed by atoms with Crippen molar-refractivity contribution in [3.05, 3.63) is 99.0 Å². The maximum absolute atomic E-state index is 12.7. The Kier molecular flexibility index (Phi) is 9.24. The molecule has 0 radical (unpaired) electrons. The minimum atomic E-state index is -0.760. The van der Waals surface area contributed by atoms with Crippen LogP contribution in [-0.4, -0.2) is 24.1 Å². The Morgan fingerprint density at radius 3 is 2.50 bits per heavy atom. The number of amides is 2. The first-order valence-corrected chi connectivity index (χ1v) is 11.9. The Balaban J connectivity index is 1.57. The third kappa shape index (κ3) is 7.43. The molecule has 0 aliphatic heterocycles. The number of benzene rings is 3. The minimum absolute atomic E-state index is 0.145. The van der Waals surface area contributed by atoms with Gasteiger partial charge < -0.3 is 10.1 Å². The second-order valence-corrected chi connectivity index (χ2v) is 9.19. The Bertz CT molecular complexity index is 1170. The van der Waals surface area contributed by atoms with E-state index in [0.29, 0.717) is 22.9 Å². The summed E-state index contributed by atoms with van der Waals surface area (Å²) in [5, 5.41) is 7.24. The molecule has 0 bridgehead atoms. The van der Waals surface area contributed by atoms with Crippen LogP contribution < -0.4 is 15.5 Å². The number of rotatable bonds is 9. The lowest BCUT2D eigenvalue weighted by atomic mass is 10.0. The molecule has 3 aromatic carbocycles. The lowest BCUT2D eigenvalue weighted by molar-refractivity contribution is -0.123. The molecule has 0 aliphatic carbocycles. The topological polar surface area (TPSA) is 79.8 Å². The molecule has 6 nitrogen and oxygen atoms in total. The van der Waals surface area contributed by atoms with Gasteiger partial charge in [-0.05, 0) is 69.4 Å². The van der Waals surface area contributed by atoms with Crippen LogP contribution in [0, 0.1) is 5.92 Å². The Morgan fingerprint density at radius 2 is 1.82 bits per heavy atom. The first kappa shape index (κ1) is 25.5. The molecule has 2 amide bonds. The molecular weight excluding hydrogens is 518 g/mol. The predicted molar refractivity (Wildman–Crippen MR) is 138 cm³/mol. The standard InChI is InChI=1S/C26H25BrClN3O3/c1-17(2)24(30-25(32)20-9-6-10-21(28)14-20)26(33)31-29-15-19-11-12-23(22(27)13-19)34-16-18-7-4-3-5-8-18/h3-15,17,24H,16H2,1-2H3,(H,30,32)(H,31,33). The average molecular weight is 543 g/mol. The van der Waals surface area contributed by atoms with E-state index >= 15 is 0 Å². The van der Waals surface area contributed by atoms with Gasteiger partial charge in [0, 0.05) is 10.6 Å². The highest BCUT2D eigenvalue weighted by Crippen LogP contribution is 2.26. The number of nitrogens with zero attached hydrogens (tertiary/aromatic N) is 1. The number of ether oxygens (including phenoxy) is 1. The molecule has 2 N–H and O–H groups in total. The molecule has 0 aliphatic rings. The number of halogens is 2. The first-order chi connectivity index (χ1) is 16.3. The molecule has 0 aromatic heterocycles. The minimum Gasteiger partial charge on any atom is -0.488 e. The Hall–Kier alpha value is -3.16. The summed E-state index contributed by atoms with van der Waals surface area (Å²) in [5.41, 5.74) is 4.73. The third-order valence-electron chi connectivity index (χ3n) is 4.90. The summed E-state index contributed by atoms with van der Waals surface area (Å²) in [4.78, 5) is 25.2. The number of carbonyl (C=O) groups excluding carboxylic acids is 2. The van der Waals surface area contributed by atoms with Gasteiger partial charge >= 0.3 is 0 Å².